The van der Waals surface area contributed by atoms with Crippen molar-refractivity contribution in [2.24, 2.45) is 5.73 Å². The van der Waals surface area contributed by atoms with E-state index in [4.69, 9.17) is 22.1 Å². The number of piperidine rings is 1. The maximum Gasteiger partial charge on any atom is 0.280 e. The van der Waals surface area contributed by atoms with E-state index in [1.807, 2.05) is 71.6 Å². The minimum Gasteiger partial charge on any atom is -0.490 e. The maximum atomic E-state index is 14.7. The number of rotatable bonds is 8. The molecule has 0 radical (unpaired) electrons. The van der Waals surface area contributed by atoms with Crippen molar-refractivity contribution in [1.82, 2.24) is 14.1 Å². The number of nitrogens with two attached hydrogens (primary N) is 1. The normalized spacial score (nSPS) is 22.2. The van der Waals surface area contributed by atoms with E-state index in [2.05, 4.69) is 0 Å². The second kappa shape index (κ2) is 14.2. The molecule has 1 amide bonds. The van der Waals surface area contributed by atoms with Crippen LogP contribution in [0.4, 0.5) is 8.78 Å². The van der Waals surface area contributed by atoms with Crippen LogP contribution < -0.4 is 10.5 Å². The second-order valence-electron chi connectivity index (χ2n) is 13.7. The first kappa shape index (κ1) is 34.8. The van der Waals surface area contributed by atoms with Gasteiger partial charge in [-0.05, 0) is 96.0 Å². The first-order chi connectivity index (χ1) is 24.0. The fourth-order valence-corrected chi connectivity index (χ4v) is 9.01. The molecule has 2 heterocycles. The lowest BCUT2D eigenvalue weighted by molar-refractivity contribution is -0.149. The Hall–Kier alpha value is -3.61. The van der Waals surface area contributed by atoms with Crippen molar-refractivity contribution < 1.29 is 26.7 Å². The van der Waals surface area contributed by atoms with Crippen LogP contribution >= 0.6 is 11.6 Å². The topological polar surface area (TPSA) is 96.2 Å². The zero-order valence-corrected chi connectivity index (χ0v) is 29.3. The van der Waals surface area contributed by atoms with E-state index in [-0.39, 0.29) is 37.1 Å². The molecule has 3 aliphatic rings. The number of piperazine rings is 1. The smallest absolute Gasteiger partial charge is 0.280 e. The highest BCUT2D eigenvalue weighted by Gasteiger charge is 2.48. The number of hydrogen-bond acceptors (Lipinski definition) is 6. The van der Waals surface area contributed by atoms with Crippen molar-refractivity contribution >= 4 is 38.3 Å². The molecular weight excluding hydrogens is 682 g/mol. The Morgan fingerprint density at radius 2 is 1.52 bits per heavy atom. The number of hydrogen-bond donors (Lipinski definition) is 1. The van der Waals surface area contributed by atoms with Crippen molar-refractivity contribution in [3.8, 4) is 16.9 Å². The number of carbonyl (C=O) groups is 1. The SMILES string of the molecule is N[C@H]1CCN(C(=O)[C@H]2CN(Cc3ccc(-c4ccc(Cl)cc4)cc3)CCN2S(=O)(=O)c2ccc3cc(OC4CCCC4)ccc3c2)CC1(F)F. The van der Waals surface area contributed by atoms with Gasteiger partial charge in [0.2, 0.25) is 15.9 Å². The maximum absolute atomic E-state index is 14.7. The third kappa shape index (κ3) is 7.38. The third-order valence-electron chi connectivity index (χ3n) is 10.2. The van der Waals surface area contributed by atoms with E-state index < -0.39 is 40.5 Å². The molecule has 7 rings (SSSR count). The van der Waals surface area contributed by atoms with Crippen LogP contribution in [0.25, 0.3) is 21.9 Å². The molecule has 3 fully saturated rings. The summed E-state index contributed by atoms with van der Waals surface area (Å²) < 4.78 is 65.4. The summed E-state index contributed by atoms with van der Waals surface area (Å²) in [5.41, 5.74) is 8.69. The molecular formula is C38H41ClF2N4O4S. The first-order valence-corrected chi connectivity index (χ1v) is 19.0. The molecule has 2 atom stereocenters. The standard InChI is InChI=1S/C38H41ClF2N4O4S/c39-31-13-9-28(10-14-31)27-7-5-26(6-8-27)23-43-19-20-45(35(24-43)37(46)44-18-17-36(42)38(40,41)25-44)50(47,48)34-16-12-29-21-33(15-11-30(29)22-34)49-32-3-1-2-4-32/h5-16,21-22,32,35-36H,1-4,17-20,23-25,42H2/t35-,36+/m1/s1. The average Bonchev–Trinajstić information content (AvgIpc) is 3.62. The number of benzene rings is 4. The van der Waals surface area contributed by atoms with Gasteiger partial charge in [0, 0.05) is 37.7 Å². The fourth-order valence-electron chi connectivity index (χ4n) is 7.28. The molecule has 50 heavy (non-hydrogen) atoms. The van der Waals surface area contributed by atoms with E-state index in [1.54, 1.807) is 18.2 Å². The molecule has 0 spiro atoms. The molecule has 2 saturated heterocycles. The number of likely N-dealkylation sites (tertiary alicyclic amines) is 1. The van der Waals surface area contributed by atoms with Gasteiger partial charge in [-0.3, -0.25) is 9.69 Å². The predicted molar refractivity (Wildman–Crippen MR) is 191 cm³/mol. The van der Waals surface area contributed by atoms with Gasteiger partial charge in [0.05, 0.1) is 23.6 Å². The lowest BCUT2D eigenvalue weighted by Crippen LogP contribution is -2.64. The summed E-state index contributed by atoms with van der Waals surface area (Å²) in [6.07, 6.45) is 4.50. The Balaban J connectivity index is 1.13. The van der Waals surface area contributed by atoms with Crippen molar-refractivity contribution in [1.29, 1.82) is 0 Å². The van der Waals surface area contributed by atoms with Crippen LogP contribution in [-0.2, 0) is 21.4 Å². The van der Waals surface area contributed by atoms with Crippen LogP contribution in [0.3, 0.4) is 0 Å². The Labute approximate surface area is 296 Å². The van der Waals surface area contributed by atoms with E-state index in [0.717, 1.165) is 63.8 Å². The number of halogens is 3. The van der Waals surface area contributed by atoms with E-state index in [1.165, 1.54) is 4.31 Å². The summed E-state index contributed by atoms with van der Waals surface area (Å²) in [5, 5.41) is 2.22. The van der Waals surface area contributed by atoms with Crippen molar-refractivity contribution in [2.75, 3.05) is 32.7 Å². The van der Waals surface area contributed by atoms with Gasteiger partial charge in [-0.2, -0.15) is 4.31 Å². The molecule has 0 unspecified atom stereocenters. The zero-order chi connectivity index (χ0) is 35.0. The predicted octanol–water partition coefficient (Wildman–Crippen LogP) is 6.55. The van der Waals surface area contributed by atoms with Gasteiger partial charge in [0.1, 0.15) is 11.8 Å². The molecule has 0 aromatic heterocycles. The number of sulfonamides is 1. The monoisotopic (exact) mass is 722 g/mol. The third-order valence-corrected chi connectivity index (χ3v) is 12.4. The zero-order valence-electron chi connectivity index (χ0n) is 27.7. The molecule has 0 bridgehead atoms. The number of carbonyl (C=O) groups excluding carboxylic acids is 1. The summed E-state index contributed by atoms with van der Waals surface area (Å²) in [6.45, 7) is 0.0928. The summed E-state index contributed by atoms with van der Waals surface area (Å²) in [6, 6.07) is 23.5. The van der Waals surface area contributed by atoms with Gasteiger partial charge in [-0.15, -0.1) is 0 Å². The molecule has 4 aromatic carbocycles. The molecule has 264 valence electrons. The summed E-state index contributed by atoms with van der Waals surface area (Å²) >= 11 is 6.04. The Morgan fingerprint density at radius 1 is 0.860 bits per heavy atom. The Bertz CT molecular complexity index is 1960. The molecule has 4 aromatic rings. The lowest BCUT2D eigenvalue weighted by Gasteiger charge is -2.43. The Kier molecular flexibility index (Phi) is 9.88. The largest absolute Gasteiger partial charge is 0.490 e. The van der Waals surface area contributed by atoms with Crippen LogP contribution in [0, 0.1) is 0 Å². The highest BCUT2D eigenvalue weighted by molar-refractivity contribution is 7.89. The summed E-state index contributed by atoms with van der Waals surface area (Å²) in [5.74, 6) is -3.16. The summed E-state index contributed by atoms with van der Waals surface area (Å²) in [7, 11) is -4.18. The van der Waals surface area contributed by atoms with E-state index >= 15 is 0 Å². The van der Waals surface area contributed by atoms with E-state index in [0.29, 0.717) is 18.1 Å². The molecule has 8 nitrogen and oxygen atoms in total. The highest BCUT2D eigenvalue weighted by Crippen LogP contribution is 2.32. The number of ether oxygens (including phenoxy) is 1. The van der Waals surface area contributed by atoms with Crippen LogP contribution in [0.1, 0.15) is 37.7 Å². The molecule has 12 heteroatoms. The van der Waals surface area contributed by atoms with Gasteiger partial charge in [0.15, 0.2) is 0 Å². The van der Waals surface area contributed by atoms with Crippen LogP contribution in [-0.4, -0.2) is 85.3 Å². The highest BCUT2D eigenvalue weighted by atomic mass is 35.5. The minimum absolute atomic E-state index is 0.0253. The van der Waals surface area contributed by atoms with Gasteiger partial charge in [-0.1, -0.05) is 60.1 Å². The van der Waals surface area contributed by atoms with Gasteiger partial charge < -0.3 is 15.4 Å². The van der Waals surface area contributed by atoms with Gasteiger partial charge >= 0.3 is 0 Å². The molecule has 2 N–H and O–H groups in total. The fraction of sp³-hybridized carbons (Fsp3) is 0.395. The summed E-state index contributed by atoms with van der Waals surface area (Å²) in [4.78, 5) is 17.2. The van der Waals surface area contributed by atoms with Crippen LogP contribution in [0.2, 0.25) is 5.02 Å². The van der Waals surface area contributed by atoms with E-state index in [9.17, 15) is 22.0 Å². The quantitative estimate of drug-likeness (QED) is 0.222. The first-order valence-electron chi connectivity index (χ1n) is 17.2. The molecule has 2 aliphatic heterocycles. The average molecular weight is 723 g/mol. The Morgan fingerprint density at radius 3 is 2.22 bits per heavy atom. The van der Waals surface area contributed by atoms with Gasteiger partial charge in [0.25, 0.3) is 5.92 Å². The van der Waals surface area contributed by atoms with Crippen molar-refractivity contribution in [3.63, 3.8) is 0 Å². The number of amides is 1. The van der Waals surface area contributed by atoms with Crippen molar-refractivity contribution in [3.05, 3.63) is 95.5 Å². The van der Waals surface area contributed by atoms with Gasteiger partial charge in [-0.25, -0.2) is 17.2 Å². The lowest BCUT2D eigenvalue weighted by atomic mass is 10.0. The molecule has 1 saturated carbocycles. The number of nitrogens with zero attached hydrogens (tertiary/aromatic N) is 3. The van der Waals surface area contributed by atoms with Crippen LogP contribution in [0.5, 0.6) is 5.75 Å². The van der Waals surface area contributed by atoms with Crippen molar-refractivity contribution in [2.45, 2.75) is 67.7 Å². The second-order valence-corrected chi connectivity index (χ2v) is 16.0. The minimum atomic E-state index is -4.18. The molecule has 1 aliphatic carbocycles. The van der Waals surface area contributed by atoms with Crippen LogP contribution in [0.15, 0.2) is 89.8 Å². The number of fused-ring (bicyclic) bond motifs is 1. The number of alkyl halides is 2.